The van der Waals surface area contributed by atoms with Crippen LogP contribution in [0.4, 0.5) is 0 Å². The molecule has 7 nitrogen and oxygen atoms in total. The number of benzene rings is 1. The molecule has 2 atom stereocenters. The van der Waals surface area contributed by atoms with Crippen molar-refractivity contribution in [3.63, 3.8) is 0 Å². The van der Waals surface area contributed by atoms with Crippen molar-refractivity contribution in [1.82, 2.24) is 4.90 Å². The summed E-state index contributed by atoms with van der Waals surface area (Å²) in [5, 5.41) is 0.768. The van der Waals surface area contributed by atoms with E-state index in [1.807, 2.05) is 12.1 Å². The molecule has 1 fully saturated rings. The van der Waals surface area contributed by atoms with Gasteiger partial charge < -0.3 is 14.1 Å². The largest absolute Gasteiger partial charge is 0.449 e. The van der Waals surface area contributed by atoms with Crippen LogP contribution in [0, 0.1) is 0 Å². The number of amides is 1. The number of rotatable bonds is 5. The molecular weight excluding hydrogens is 358 g/mol. The first-order valence-corrected chi connectivity index (χ1v) is 10.3. The topological polar surface area (TPSA) is 93.9 Å². The number of likely N-dealkylation sites (N-methyl/N-ethyl adjacent to an activating group) is 1. The number of hydrogen-bond donors (Lipinski definition) is 0. The lowest BCUT2D eigenvalue weighted by Gasteiger charge is -2.29. The number of ether oxygens (including phenoxy) is 1. The van der Waals surface area contributed by atoms with Gasteiger partial charge in [0.25, 0.3) is 5.91 Å². The number of sulfone groups is 1. The molecule has 8 heteroatoms. The highest BCUT2D eigenvalue weighted by Crippen LogP contribution is 2.21. The van der Waals surface area contributed by atoms with Gasteiger partial charge in [-0.15, -0.1) is 0 Å². The van der Waals surface area contributed by atoms with E-state index in [4.69, 9.17) is 9.15 Å². The van der Waals surface area contributed by atoms with Crippen molar-refractivity contribution in [1.29, 1.82) is 0 Å². The summed E-state index contributed by atoms with van der Waals surface area (Å²) in [6.45, 7) is 3.61. The van der Waals surface area contributed by atoms with Crippen LogP contribution in [0.1, 0.15) is 30.8 Å². The molecular formula is C18H21NO6S. The van der Waals surface area contributed by atoms with Crippen molar-refractivity contribution >= 4 is 32.7 Å². The summed E-state index contributed by atoms with van der Waals surface area (Å²) in [5.74, 6) is -1.07. The molecule has 0 spiro atoms. The van der Waals surface area contributed by atoms with Gasteiger partial charge >= 0.3 is 5.97 Å². The maximum atomic E-state index is 12.6. The van der Waals surface area contributed by atoms with Crippen LogP contribution in [0.15, 0.2) is 34.7 Å². The number of esters is 1. The van der Waals surface area contributed by atoms with Gasteiger partial charge in [-0.1, -0.05) is 18.2 Å². The van der Waals surface area contributed by atoms with Crippen LogP contribution in [0.5, 0.6) is 0 Å². The molecule has 0 aliphatic carbocycles. The zero-order valence-corrected chi connectivity index (χ0v) is 15.5. The number of hydrogen-bond acceptors (Lipinski definition) is 6. The molecule has 2 heterocycles. The lowest BCUT2D eigenvalue weighted by molar-refractivity contribution is -0.141. The SMILES string of the molecule is CCN(C(=O)[C@H](C)OC(=O)c1cc2ccccc2o1)[C@@H]1CCS(=O)(=O)C1. The lowest BCUT2D eigenvalue weighted by Crippen LogP contribution is -2.46. The number of fused-ring (bicyclic) bond motifs is 1. The molecule has 1 amide bonds. The number of nitrogens with zero attached hydrogens (tertiary/aromatic N) is 1. The van der Waals surface area contributed by atoms with Crippen LogP contribution in [-0.4, -0.2) is 55.4 Å². The molecule has 1 aliphatic rings. The molecule has 0 N–H and O–H groups in total. The van der Waals surface area contributed by atoms with Crippen LogP contribution in [0.3, 0.4) is 0 Å². The minimum Gasteiger partial charge on any atom is -0.449 e. The average Bonchev–Trinajstić information content (AvgIpc) is 3.18. The van der Waals surface area contributed by atoms with Crippen molar-refractivity contribution in [3.05, 3.63) is 36.1 Å². The second kappa shape index (κ2) is 7.11. The molecule has 1 aromatic heterocycles. The van der Waals surface area contributed by atoms with Crippen LogP contribution < -0.4 is 0 Å². The second-order valence-electron chi connectivity index (χ2n) is 6.38. The third-order valence-corrected chi connectivity index (χ3v) is 6.28. The summed E-state index contributed by atoms with van der Waals surface area (Å²) in [5.41, 5.74) is 0.560. The van der Waals surface area contributed by atoms with Gasteiger partial charge in [0, 0.05) is 18.0 Å². The van der Waals surface area contributed by atoms with Gasteiger partial charge in [-0.25, -0.2) is 13.2 Å². The fourth-order valence-corrected chi connectivity index (χ4v) is 4.93. The van der Waals surface area contributed by atoms with E-state index in [2.05, 4.69) is 0 Å². The molecule has 0 saturated carbocycles. The summed E-state index contributed by atoms with van der Waals surface area (Å²) in [6, 6.07) is 8.36. The lowest BCUT2D eigenvalue weighted by atomic mass is 10.2. The fourth-order valence-electron chi connectivity index (χ4n) is 3.20. The minimum absolute atomic E-state index is 0.0253. The van der Waals surface area contributed by atoms with E-state index in [-0.39, 0.29) is 23.3 Å². The number of furan rings is 1. The second-order valence-corrected chi connectivity index (χ2v) is 8.61. The van der Waals surface area contributed by atoms with E-state index in [1.165, 1.54) is 11.8 Å². The maximum Gasteiger partial charge on any atom is 0.375 e. The molecule has 0 radical (unpaired) electrons. The van der Waals surface area contributed by atoms with Crippen molar-refractivity contribution in [3.8, 4) is 0 Å². The Bertz CT molecular complexity index is 899. The quantitative estimate of drug-likeness (QED) is 0.738. The third-order valence-electron chi connectivity index (χ3n) is 4.53. The molecule has 1 saturated heterocycles. The first-order valence-electron chi connectivity index (χ1n) is 8.51. The maximum absolute atomic E-state index is 12.6. The van der Waals surface area contributed by atoms with Gasteiger partial charge in [0.15, 0.2) is 15.9 Å². The molecule has 3 rings (SSSR count). The number of carbonyl (C=O) groups excluding carboxylic acids is 2. The molecule has 26 heavy (non-hydrogen) atoms. The first kappa shape index (κ1) is 18.4. The highest BCUT2D eigenvalue weighted by atomic mass is 32.2. The van der Waals surface area contributed by atoms with E-state index in [0.29, 0.717) is 18.5 Å². The van der Waals surface area contributed by atoms with Crippen LogP contribution >= 0.6 is 0 Å². The van der Waals surface area contributed by atoms with Gasteiger partial charge in [0.2, 0.25) is 5.76 Å². The van der Waals surface area contributed by atoms with E-state index in [1.54, 1.807) is 25.1 Å². The first-order chi connectivity index (χ1) is 12.3. The normalized spacial score (nSPS) is 20.0. The Morgan fingerprint density at radius 3 is 2.69 bits per heavy atom. The highest BCUT2D eigenvalue weighted by Gasteiger charge is 2.36. The van der Waals surface area contributed by atoms with E-state index < -0.39 is 27.8 Å². The van der Waals surface area contributed by atoms with Gasteiger partial charge in [-0.3, -0.25) is 4.79 Å². The standard InChI is InChI=1S/C18H21NO6S/c1-3-19(14-8-9-26(22,23)11-14)17(20)12(2)24-18(21)16-10-13-6-4-5-7-15(13)25-16/h4-7,10,12,14H,3,8-9,11H2,1-2H3/t12-,14+/m0/s1. The van der Waals surface area contributed by atoms with Gasteiger partial charge in [-0.05, 0) is 32.4 Å². The highest BCUT2D eigenvalue weighted by molar-refractivity contribution is 7.91. The molecule has 0 bridgehead atoms. The Kier molecular flexibility index (Phi) is 5.04. The number of para-hydroxylation sites is 1. The molecule has 2 aromatic rings. The summed E-state index contributed by atoms with van der Waals surface area (Å²) in [6.07, 6.45) is -0.620. The Morgan fingerprint density at radius 1 is 1.35 bits per heavy atom. The molecule has 0 unspecified atom stereocenters. The van der Waals surface area contributed by atoms with Crippen LogP contribution in [-0.2, 0) is 19.4 Å². The van der Waals surface area contributed by atoms with E-state index in [0.717, 1.165) is 5.39 Å². The van der Waals surface area contributed by atoms with Gasteiger partial charge in [0.05, 0.1) is 11.5 Å². The summed E-state index contributed by atoms with van der Waals surface area (Å²) < 4.78 is 34.0. The molecule has 140 valence electrons. The molecule has 1 aliphatic heterocycles. The smallest absolute Gasteiger partial charge is 0.375 e. The summed E-state index contributed by atoms with van der Waals surface area (Å²) in [7, 11) is -3.11. The predicted octanol–water partition coefficient (Wildman–Crippen LogP) is 2.01. The van der Waals surface area contributed by atoms with Crippen LogP contribution in [0.25, 0.3) is 11.0 Å². The third kappa shape index (κ3) is 3.75. The Balaban J connectivity index is 1.68. The Hall–Kier alpha value is -2.35. The number of carbonyl (C=O) groups is 2. The minimum atomic E-state index is -3.11. The van der Waals surface area contributed by atoms with Crippen molar-refractivity contribution in [2.75, 3.05) is 18.1 Å². The van der Waals surface area contributed by atoms with Gasteiger partial charge in [0.1, 0.15) is 5.58 Å². The fraction of sp³-hybridized carbons (Fsp3) is 0.444. The van der Waals surface area contributed by atoms with E-state index >= 15 is 0 Å². The Labute approximate surface area is 151 Å². The Morgan fingerprint density at radius 2 is 2.08 bits per heavy atom. The summed E-state index contributed by atoms with van der Waals surface area (Å²) in [4.78, 5) is 26.4. The van der Waals surface area contributed by atoms with E-state index in [9.17, 15) is 18.0 Å². The predicted molar refractivity (Wildman–Crippen MR) is 95.5 cm³/mol. The van der Waals surface area contributed by atoms with Crippen molar-refractivity contribution < 1.29 is 27.2 Å². The van der Waals surface area contributed by atoms with Crippen molar-refractivity contribution in [2.24, 2.45) is 0 Å². The summed E-state index contributed by atoms with van der Waals surface area (Å²) >= 11 is 0. The zero-order valence-electron chi connectivity index (χ0n) is 14.7. The molecule has 1 aromatic carbocycles. The zero-order chi connectivity index (χ0) is 18.9. The van der Waals surface area contributed by atoms with Crippen LogP contribution in [0.2, 0.25) is 0 Å². The monoisotopic (exact) mass is 379 g/mol. The average molecular weight is 379 g/mol. The van der Waals surface area contributed by atoms with Crippen molar-refractivity contribution in [2.45, 2.75) is 32.4 Å². The van der Waals surface area contributed by atoms with Gasteiger partial charge in [-0.2, -0.15) is 0 Å².